The number of hydrogen-bond acceptors (Lipinski definition) is 4. The lowest BCUT2D eigenvalue weighted by Gasteiger charge is -2.10. The van der Waals surface area contributed by atoms with Gasteiger partial charge in [-0.2, -0.15) is 5.10 Å². The summed E-state index contributed by atoms with van der Waals surface area (Å²) in [5.41, 5.74) is 7.72. The molecule has 6 nitrogen and oxygen atoms in total. The second kappa shape index (κ2) is 5.57. The lowest BCUT2D eigenvalue weighted by Crippen LogP contribution is -2.14. The molecule has 0 aliphatic rings. The predicted molar refractivity (Wildman–Crippen MR) is 84.0 cm³/mol. The minimum atomic E-state index is -3.74. The fourth-order valence-electron chi connectivity index (χ4n) is 2.00. The first kappa shape index (κ1) is 15.7. The van der Waals surface area contributed by atoms with Crippen LogP contribution in [0.5, 0.6) is 0 Å². The zero-order valence-electron chi connectivity index (χ0n) is 12.0. The number of nitrogen functional groups attached to an aromatic ring is 1. The Bertz CT molecular complexity index is 760. The van der Waals surface area contributed by atoms with Gasteiger partial charge in [0.2, 0.25) is 0 Å². The van der Waals surface area contributed by atoms with E-state index in [0.29, 0.717) is 28.4 Å². The van der Waals surface area contributed by atoms with Crippen molar-refractivity contribution in [2.24, 2.45) is 7.05 Å². The molecule has 0 aliphatic carbocycles. The van der Waals surface area contributed by atoms with Crippen molar-refractivity contribution in [1.29, 1.82) is 0 Å². The first-order chi connectivity index (χ1) is 9.74. The summed E-state index contributed by atoms with van der Waals surface area (Å²) < 4.78 is 29.0. The molecule has 1 aromatic heterocycles. The predicted octanol–water partition coefficient (Wildman–Crippen LogP) is 2.33. The van der Waals surface area contributed by atoms with Crippen molar-refractivity contribution in [3.8, 4) is 0 Å². The van der Waals surface area contributed by atoms with Crippen LogP contribution in [0.1, 0.15) is 18.2 Å². The fraction of sp³-hybridized carbons (Fsp3) is 0.308. The molecule has 0 aliphatic heterocycles. The summed E-state index contributed by atoms with van der Waals surface area (Å²) in [6.45, 7) is 3.61. The lowest BCUT2D eigenvalue weighted by molar-refractivity contribution is 0.601. The Balaban J connectivity index is 2.43. The van der Waals surface area contributed by atoms with Crippen LogP contribution >= 0.6 is 11.6 Å². The molecule has 2 rings (SSSR count). The standard InChI is InChI=1S/C13H17ClN4O2S/c1-4-11-12(7-18(3)16-11)17-21(19,20)9-5-8(2)13(14)10(15)6-9/h5-7,17H,4,15H2,1-3H3. The van der Waals surface area contributed by atoms with Gasteiger partial charge in [-0.05, 0) is 31.0 Å². The van der Waals surface area contributed by atoms with Gasteiger partial charge in [-0.3, -0.25) is 9.40 Å². The normalized spacial score (nSPS) is 11.6. The van der Waals surface area contributed by atoms with Gasteiger partial charge in [-0.15, -0.1) is 0 Å². The first-order valence-corrected chi connectivity index (χ1v) is 8.21. The van der Waals surface area contributed by atoms with E-state index in [-0.39, 0.29) is 10.6 Å². The molecule has 0 unspecified atom stereocenters. The summed E-state index contributed by atoms with van der Waals surface area (Å²) in [6, 6.07) is 2.84. The van der Waals surface area contributed by atoms with Crippen molar-refractivity contribution >= 4 is 33.0 Å². The summed E-state index contributed by atoms with van der Waals surface area (Å²) in [5, 5.41) is 4.57. The number of aromatic nitrogens is 2. The number of nitrogens with zero attached hydrogens (tertiary/aromatic N) is 2. The summed E-state index contributed by atoms with van der Waals surface area (Å²) in [7, 11) is -2.00. The third-order valence-electron chi connectivity index (χ3n) is 3.05. The van der Waals surface area contributed by atoms with Crippen molar-refractivity contribution in [3.05, 3.63) is 34.6 Å². The quantitative estimate of drug-likeness (QED) is 0.843. The molecule has 1 aromatic carbocycles. The highest BCUT2D eigenvalue weighted by molar-refractivity contribution is 7.92. The summed E-state index contributed by atoms with van der Waals surface area (Å²) in [4.78, 5) is 0.0767. The average Bonchev–Trinajstić information content (AvgIpc) is 2.74. The maximum absolute atomic E-state index is 12.4. The van der Waals surface area contributed by atoms with Crippen molar-refractivity contribution in [3.63, 3.8) is 0 Å². The lowest BCUT2D eigenvalue weighted by atomic mass is 10.2. The van der Waals surface area contributed by atoms with Crippen LogP contribution in [0.2, 0.25) is 5.02 Å². The Morgan fingerprint density at radius 1 is 1.43 bits per heavy atom. The van der Waals surface area contributed by atoms with Crippen LogP contribution < -0.4 is 10.5 Å². The van der Waals surface area contributed by atoms with E-state index < -0.39 is 10.0 Å². The highest BCUT2D eigenvalue weighted by Gasteiger charge is 2.19. The maximum atomic E-state index is 12.4. The Morgan fingerprint density at radius 3 is 2.67 bits per heavy atom. The van der Waals surface area contributed by atoms with Crippen LogP contribution in [0.15, 0.2) is 23.2 Å². The van der Waals surface area contributed by atoms with Crippen LogP contribution in [-0.2, 0) is 23.5 Å². The molecule has 3 N–H and O–H groups in total. The maximum Gasteiger partial charge on any atom is 0.262 e. The van der Waals surface area contributed by atoms with Crippen LogP contribution in [0.4, 0.5) is 11.4 Å². The Labute approximate surface area is 129 Å². The number of rotatable bonds is 4. The fourth-order valence-corrected chi connectivity index (χ4v) is 3.30. The zero-order valence-corrected chi connectivity index (χ0v) is 13.6. The second-order valence-corrected chi connectivity index (χ2v) is 6.83. The molecule has 0 fully saturated rings. The minimum Gasteiger partial charge on any atom is -0.397 e. The van der Waals surface area contributed by atoms with Crippen molar-refractivity contribution < 1.29 is 8.42 Å². The van der Waals surface area contributed by atoms with Crippen molar-refractivity contribution in [1.82, 2.24) is 9.78 Å². The van der Waals surface area contributed by atoms with E-state index in [4.69, 9.17) is 17.3 Å². The molecule has 114 valence electrons. The third kappa shape index (κ3) is 3.14. The van der Waals surface area contributed by atoms with Crippen LogP contribution in [0, 0.1) is 6.92 Å². The molecule has 21 heavy (non-hydrogen) atoms. The Morgan fingerprint density at radius 2 is 2.10 bits per heavy atom. The van der Waals surface area contributed by atoms with E-state index in [1.54, 1.807) is 24.9 Å². The molecule has 0 atom stereocenters. The Hall–Kier alpha value is -1.73. The van der Waals surface area contributed by atoms with Crippen molar-refractivity contribution in [2.75, 3.05) is 10.5 Å². The number of anilines is 2. The van der Waals surface area contributed by atoms with E-state index >= 15 is 0 Å². The number of aryl methyl sites for hydroxylation is 3. The molecule has 0 radical (unpaired) electrons. The summed E-state index contributed by atoms with van der Waals surface area (Å²) in [6.07, 6.45) is 2.25. The molecule has 1 heterocycles. The molecular weight excluding hydrogens is 312 g/mol. The van der Waals surface area contributed by atoms with E-state index in [0.717, 1.165) is 0 Å². The van der Waals surface area contributed by atoms with Gasteiger partial charge < -0.3 is 5.73 Å². The van der Waals surface area contributed by atoms with E-state index in [1.165, 1.54) is 12.1 Å². The number of halogens is 1. The van der Waals surface area contributed by atoms with Gasteiger partial charge in [-0.1, -0.05) is 18.5 Å². The minimum absolute atomic E-state index is 0.0767. The number of benzene rings is 1. The summed E-state index contributed by atoms with van der Waals surface area (Å²) in [5.74, 6) is 0. The van der Waals surface area contributed by atoms with Gasteiger partial charge in [0, 0.05) is 13.2 Å². The number of nitrogens with one attached hydrogen (secondary N) is 1. The molecular formula is C13H17ClN4O2S. The van der Waals surface area contributed by atoms with Gasteiger partial charge in [0.25, 0.3) is 10.0 Å². The van der Waals surface area contributed by atoms with Gasteiger partial charge in [-0.25, -0.2) is 8.42 Å². The van der Waals surface area contributed by atoms with Gasteiger partial charge in [0.1, 0.15) is 0 Å². The monoisotopic (exact) mass is 328 g/mol. The number of sulfonamides is 1. The topological polar surface area (TPSA) is 90.0 Å². The van der Waals surface area contributed by atoms with Gasteiger partial charge in [0.05, 0.1) is 27.0 Å². The molecule has 2 aromatic rings. The second-order valence-electron chi connectivity index (χ2n) is 4.77. The van der Waals surface area contributed by atoms with Gasteiger partial charge in [0.15, 0.2) is 0 Å². The molecule has 0 saturated heterocycles. The molecule has 0 saturated carbocycles. The molecule has 0 amide bonds. The summed E-state index contributed by atoms with van der Waals surface area (Å²) >= 11 is 5.96. The van der Waals surface area contributed by atoms with Crippen molar-refractivity contribution in [2.45, 2.75) is 25.2 Å². The highest BCUT2D eigenvalue weighted by atomic mass is 35.5. The van der Waals surface area contributed by atoms with E-state index in [2.05, 4.69) is 9.82 Å². The number of hydrogen-bond donors (Lipinski definition) is 2. The van der Waals surface area contributed by atoms with Gasteiger partial charge >= 0.3 is 0 Å². The zero-order chi connectivity index (χ0) is 15.8. The first-order valence-electron chi connectivity index (χ1n) is 6.35. The van der Waals surface area contributed by atoms with E-state index in [9.17, 15) is 8.42 Å². The smallest absolute Gasteiger partial charge is 0.262 e. The molecule has 0 spiro atoms. The molecule has 0 bridgehead atoms. The molecule has 8 heteroatoms. The average molecular weight is 329 g/mol. The van der Waals surface area contributed by atoms with Crippen LogP contribution in [0.25, 0.3) is 0 Å². The SMILES string of the molecule is CCc1nn(C)cc1NS(=O)(=O)c1cc(C)c(Cl)c(N)c1. The van der Waals surface area contributed by atoms with E-state index in [1.807, 2.05) is 6.92 Å². The number of nitrogens with two attached hydrogens (primary N) is 1. The highest BCUT2D eigenvalue weighted by Crippen LogP contribution is 2.28. The largest absolute Gasteiger partial charge is 0.397 e. The van der Waals surface area contributed by atoms with Crippen LogP contribution in [0.3, 0.4) is 0 Å². The Kier molecular flexibility index (Phi) is 4.15. The van der Waals surface area contributed by atoms with Crippen LogP contribution in [-0.4, -0.2) is 18.2 Å². The third-order valence-corrected chi connectivity index (χ3v) is 4.91.